The fraction of sp³-hybridized carbons (Fsp3) is 0.263. The third-order valence-electron chi connectivity index (χ3n) is 4.56. The van der Waals surface area contributed by atoms with Crippen molar-refractivity contribution in [1.82, 2.24) is 0 Å². The lowest BCUT2D eigenvalue weighted by Gasteiger charge is -2.22. The number of anilines is 1. The van der Waals surface area contributed by atoms with E-state index in [1.807, 2.05) is 6.92 Å². The first kappa shape index (κ1) is 19.0. The van der Waals surface area contributed by atoms with Crippen molar-refractivity contribution >= 4 is 34.7 Å². The summed E-state index contributed by atoms with van der Waals surface area (Å²) in [6, 6.07) is 9.81. The first-order valence-electron chi connectivity index (χ1n) is 8.40. The second kappa shape index (κ2) is 7.09. The molecule has 1 amide bonds. The van der Waals surface area contributed by atoms with Gasteiger partial charge in [0.1, 0.15) is 0 Å². The summed E-state index contributed by atoms with van der Waals surface area (Å²) in [4.78, 5) is 37.2. The van der Waals surface area contributed by atoms with Crippen LogP contribution in [0.2, 0.25) is 5.02 Å². The van der Waals surface area contributed by atoms with Gasteiger partial charge < -0.3 is 10.0 Å². The summed E-state index contributed by atoms with van der Waals surface area (Å²) in [7, 11) is 0. The monoisotopic (exact) mass is 388 g/mol. The lowest BCUT2D eigenvalue weighted by Crippen LogP contribution is -2.42. The molecule has 0 fully saturated rings. The molecule has 1 heterocycles. The molecule has 0 saturated carbocycles. The van der Waals surface area contributed by atoms with Gasteiger partial charge in [-0.2, -0.15) is 0 Å². The quantitative estimate of drug-likeness (QED) is 0.464. The fourth-order valence-corrected chi connectivity index (χ4v) is 3.41. The Labute approximate surface area is 160 Å². The van der Waals surface area contributed by atoms with Crippen LogP contribution < -0.4 is 4.90 Å². The van der Waals surface area contributed by atoms with Gasteiger partial charge in [0.15, 0.2) is 11.4 Å². The van der Waals surface area contributed by atoms with Crippen LogP contribution in [0.15, 0.2) is 42.5 Å². The number of benzene rings is 2. The smallest absolute Gasteiger partial charge is 0.269 e. The first-order chi connectivity index (χ1) is 12.8. The average molecular weight is 389 g/mol. The van der Waals surface area contributed by atoms with E-state index in [2.05, 4.69) is 0 Å². The Morgan fingerprint density at radius 3 is 2.52 bits per heavy atom. The van der Waals surface area contributed by atoms with Crippen LogP contribution in [0.4, 0.5) is 11.4 Å². The second-order valence-corrected chi connectivity index (χ2v) is 6.82. The highest BCUT2D eigenvalue weighted by molar-refractivity contribution is 6.31. The van der Waals surface area contributed by atoms with Gasteiger partial charge in [0, 0.05) is 34.8 Å². The molecule has 0 bridgehead atoms. The minimum atomic E-state index is -2.02. The summed E-state index contributed by atoms with van der Waals surface area (Å²) in [5.74, 6) is -1.07. The van der Waals surface area contributed by atoms with E-state index in [9.17, 15) is 24.8 Å². The number of Topliss-reactive ketones (excluding diaryl/α,β-unsaturated/α-hetero) is 1. The van der Waals surface area contributed by atoms with E-state index in [1.54, 1.807) is 12.1 Å². The SMILES string of the molecule is CCCN1C(=O)C(O)(CC(=O)c2ccc([N+](=O)[O-])cc2)c2cc(Cl)ccc21. The maximum Gasteiger partial charge on any atom is 0.269 e. The third kappa shape index (κ3) is 3.31. The minimum Gasteiger partial charge on any atom is -0.375 e. The molecular formula is C19H17ClN2O5. The highest BCUT2D eigenvalue weighted by Crippen LogP contribution is 2.44. The highest BCUT2D eigenvalue weighted by atomic mass is 35.5. The normalized spacial score (nSPS) is 18.5. The van der Waals surface area contributed by atoms with E-state index in [1.165, 1.54) is 35.2 Å². The van der Waals surface area contributed by atoms with Crippen molar-refractivity contribution in [2.75, 3.05) is 11.4 Å². The van der Waals surface area contributed by atoms with Crippen LogP contribution in [0.3, 0.4) is 0 Å². The number of amides is 1. The zero-order chi connectivity index (χ0) is 19.8. The van der Waals surface area contributed by atoms with Gasteiger partial charge in [-0.25, -0.2) is 0 Å². The van der Waals surface area contributed by atoms with Gasteiger partial charge in [0.2, 0.25) is 0 Å². The van der Waals surface area contributed by atoms with Crippen LogP contribution in [-0.2, 0) is 10.4 Å². The number of nitro benzene ring substituents is 1. The summed E-state index contributed by atoms with van der Waals surface area (Å²) in [5, 5.41) is 22.2. The number of nitrogens with zero attached hydrogens (tertiary/aromatic N) is 2. The molecule has 1 N–H and O–H groups in total. The molecule has 1 aliphatic rings. The molecule has 8 heteroatoms. The van der Waals surface area contributed by atoms with E-state index in [-0.39, 0.29) is 11.3 Å². The van der Waals surface area contributed by atoms with Crippen molar-refractivity contribution in [2.45, 2.75) is 25.4 Å². The number of halogens is 1. The Kier molecular flexibility index (Phi) is 4.99. The van der Waals surface area contributed by atoms with E-state index in [0.717, 1.165) is 0 Å². The van der Waals surface area contributed by atoms with Gasteiger partial charge in [-0.05, 0) is 36.8 Å². The molecule has 1 atom stereocenters. The topological polar surface area (TPSA) is 101 Å². The largest absolute Gasteiger partial charge is 0.375 e. The summed E-state index contributed by atoms with van der Waals surface area (Å²) in [6.45, 7) is 2.31. The van der Waals surface area contributed by atoms with Gasteiger partial charge in [0.25, 0.3) is 11.6 Å². The molecule has 2 aromatic rings. The minimum absolute atomic E-state index is 0.145. The number of rotatable bonds is 6. The van der Waals surface area contributed by atoms with Crippen molar-refractivity contribution in [3.05, 3.63) is 68.7 Å². The van der Waals surface area contributed by atoms with Gasteiger partial charge in [-0.15, -0.1) is 0 Å². The lowest BCUT2D eigenvalue weighted by atomic mass is 9.88. The number of fused-ring (bicyclic) bond motifs is 1. The number of nitro groups is 1. The molecule has 0 aliphatic carbocycles. The Hall–Kier alpha value is -2.77. The number of aliphatic hydroxyl groups is 1. The molecule has 1 aliphatic heterocycles. The van der Waals surface area contributed by atoms with Crippen molar-refractivity contribution in [3.8, 4) is 0 Å². The van der Waals surface area contributed by atoms with Gasteiger partial charge in [0.05, 0.1) is 17.0 Å². The van der Waals surface area contributed by atoms with Gasteiger partial charge >= 0.3 is 0 Å². The van der Waals surface area contributed by atoms with Crippen molar-refractivity contribution < 1.29 is 19.6 Å². The standard InChI is InChI=1S/C19H17ClN2O5/c1-2-9-21-16-8-5-13(20)10-15(16)19(25,18(21)24)11-17(23)12-3-6-14(7-4-12)22(26)27/h3-8,10,25H,2,9,11H2,1H3. The number of carbonyl (C=O) groups excluding carboxylic acids is 2. The average Bonchev–Trinajstić information content (AvgIpc) is 2.84. The van der Waals surface area contributed by atoms with Crippen LogP contribution in [0.1, 0.15) is 35.7 Å². The molecule has 1 unspecified atom stereocenters. The van der Waals surface area contributed by atoms with E-state index in [0.29, 0.717) is 29.2 Å². The molecule has 140 valence electrons. The predicted molar refractivity (Wildman–Crippen MR) is 100 cm³/mol. The summed E-state index contributed by atoms with van der Waals surface area (Å²) in [5.41, 5.74) is -1.16. The number of hydrogen-bond acceptors (Lipinski definition) is 5. The lowest BCUT2D eigenvalue weighted by molar-refractivity contribution is -0.384. The van der Waals surface area contributed by atoms with E-state index in [4.69, 9.17) is 11.6 Å². The zero-order valence-corrected chi connectivity index (χ0v) is 15.3. The molecule has 3 rings (SSSR count). The van der Waals surface area contributed by atoms with Crippen molar-refractivity contribution in [2.24, 2.45) is 0 Å². The van der Waals surface area contributed by atoms with Crippen molar-refractivity contribution in [1.29, 1.82) is 0 Å². The van der Waals surface area contributed by atoms with Crippen LogP contribution in [0.25, 0.3) is 0 Å². The van der Waals surface area contributed by atoms with Crippen LogP contribution in [0, 0.1) is 10.1 Å². The molecule has 0 saturated heterocycles. The molecular weight excluding hydrogens is 372 g/mol. The molecule has 27 heavy (non-hydrogen) atoms. The predicted octanol–water partition coefficient (Wildman–Crippen LogP) is 3.47. The molecule has 0 spiro atoms. The number of hydrogen-bond donors (Lipinski definition) is 1. The van der Waals surface area contributed by atoms with E-state index < -0.39 is 28.6 Å². The Morgan fingerprint density at radius 2 is 1.93 bits per heavy atom. The summed E-state index contributed by atoms with van der Waals surface area (Å²) >= 11 is 6.03. The fourth-order valence-electron chi connectivity index (χ4n) is 3.24. The number of carbonyl (C=O) groups is 2. The molecule has 0 aromatic heterocycles. The highest BCUT2D eigenvalue weighted by Gasteiger charge is 2.50. The maximum absolute atomic E-state index is 12.9. The van der Waals surface area contributed by atoms with Crippen LogP contribution in [-0.4, -0.2) is 28.3 Å². The van der Waals surface area contributed by atoms with Gasteiger partial charge in [-0.1, -0.05) is 18.5 Å². The van der Waals surface area contributed by atoms with Crippen LogP contribution in [0.5, 0.6) is 0 Å². The zero-order valence-electron chi connectivity index (χ0n) is 14.5. The Morgan fingerprint density at radius 1 is 1.26 bits per heavy atom. The molecule has 7 nitrogen and oxygen atoms in total. The first-order valence-corrected chi connectivity index (χ1v) is 8.77. The number of non-ortho nitro benzene ring substituents is 1. The second-order valence-electron chi connectivity index (χ2n) is 6.38. The molecule has 0 radical (unpaired) electrons. The summed E-state index contributed by atoms with van der Waals surface area (Å²) < 4.78 is 0. The Bertz CT molecular complexity index is 928. The van der Waals surface area contributed by atoms with Gasteiger partial charge in [-0.3, -0.25) is 19.7 Å². The van der Waals surface area contributed by atoms with E-state index >= 15 is 0 Å². The van der Waals surface area contributed by atoms with Crippen LogP contribution >= 0.6 is 11.6 Å². The van der Waals surface area contributed by atoms with Crippen molar-refractivity contribution in [3.63, 3.8) is 0 Å². The third-order valence-corrected chi connectivity index (χ3v) is 4.79. The summed E-state index contributed by atoms with van der Waals surface area (Å²) in [6.07, 6.45) is 0.206. The number of ketones is 1. The Balaban J connectivity index is 1.95. The maximum atomic E-state index is 12.9. The molecule has 2 aromatic carbocycles.